The van der Waals surface area contributed by atoms with Crippen molar-refractivity contribution < 1.29 is 19.5 Å². The van der Waals surface area contributed by atoms with Gasteiger partial charge in [-0.25, -0.2) is 0 Å². The highest BCUT2D eigenvalue weighted by molar-refractivity contribution is 5.81. The number of carbonyl (C=O) groups excluding carboxylic acids is 3. The smallest absolute Gasteiger partial charge is 0.222 e. The SMILES string of the molecule is CC(C)C(=O)CCCC(=O)NC1CCC(CNC(=O)CCO)CC1. The molecule has 0 aromatic rings. The van der Waals surface area contributed by atoms with Crippen LogP contribution in [0.4, 0.5) is 0 Å². The lowest BCUT2D eigenvalue weighted by Gasteiger charge is -2.29. The monoisotopic (exact) mass is 340 g/mol. The molecule has 0 heterocycles. The lowest BCUT2D eigenvalue weighted by molar-refractivity contribution is -0.123. The van der Waals surface area contributed by atoms with E-state index in [4.69, 9.17) is 5.11 Å². The fraction of sp³-hybridized carbons (Fsp3) is 0.833. The van der Waals surface area contributed by atoms with Crippen LogP contribution in [0.3, 0.4) is 0 Å². The molecule has 0 aliphatic heterocycles. The molecule has 0 aromatic heterocycles. The number of carbonyl (C=O) groups is 3. The van der Waals surface area contributed by atoms with Crippen LogP contribution >= 0.6 is 0 Å². The van der Waals surface area contributed by atoms with Crippen molar-refractivity contribution in [2.45, 2.75) is 71.3 Å². The molecule has 138 valence electrons. The minimum absolute atomic E-state index is 0.0336. The van der Waals surface area contributed by atoms with Crippen LogP contribution in [0, 0.1) is 11.8 Å². The topological polar surface area (TPSA) is 95.5 Å². The van der Waals surface area contributed by atoms with Crippen LogP contribution in [0.1, 0.15) is 65.2 Å². The van der Waals surface area contributed by atoms with Gasteiger partial charge in [0.1, 0.15) is 5.78 Å². The van der Waals surface area contributed by atoms with Gasteiger partial charge in [-0.15, -0.1) is 0 Å². The fourth-order valence-corrected chi connectivity index (χ4v) is 2.97. The van der Waals surface area contributed by atoms with Crippen molar-refractivity contribution in [1.29, 1.82) is 0 Å². The van der Waals surface area contributed by atoms with Gasteiger partial charge in [-0.1, -0.05) is 13.8 Å². The van der Waals surface area contributed by atoms with E-state index < -0.39 is 0 Å². The minimum Gasteiger partial charge on any atom is -0.396 e. The second kappa shape index (κ2) is 11.2. The Morgan fingerprint density at radius 3 is 2.25 bits per heavy atom. The van der Waals surface area contributed by atoms with E-state index in [1.54, 1.807) is 0 Å². The Morgan fingerprint density at radius 1 is 1.00 bits per heavy atom. The number of amides is 2. The molecule has 6 nitrogen and oxygen atoms in total. The molecule has 0 atom stereocenters. The van der Waals surface area contributed by atoms with Crippen LogP contribution in [0.15, 0.2) is 0 Å². The first-order valence-electron chi connectivity index (χ1n) is 9.12. The maximum Gasteiger partial charge on any atom is 0.222 e. The zero-order chi connectivity index (χ0) is 17.9. The van der Waals surface area contributed by atoms with E-state index in [0.29, 0.717) is 31.7 Å². The van der Waals surface area contributed by atoms with E-state index in [-0.39, 0.29) is 42.6 Å². The van der Waals surface area contributed by atoms with Crippen LogP contribution in [0.5, 0.6) is 0 Å². The molecule has 0 bridgehead atoms. The molecular weight excluding hydrogens is 308 g/mol. The number of hydrogen-bond donors (Lipinski definition) is 3. The van der Waals surface area contributed by atoms with E-state index in [9.17, 15) is 14.4 Å². The van der Waals surface area contributed by atoms with E-state index in [2.05, 4.69) is 10.6 Å². The first-order chi connectivity index (χ1) is 11.4. The van der Waals surface area contributed by atoms with Crippen molar-refractivity contribution in [3.8, 4) is 0 Å². The maximum atomic E-state index is 11.9. The van der Waals surface area contributed by atoms with Gasteiger partial charge in [0.15, 0.2) is 0 Å². The third-order valence-corrected chi connectivity index (χ3v) is 4.61. The van der Waals surface area contributed by atoms with E-state index >= 15 is 0 Å². The van der Waals surface area contributed by atoms with Gasteiger partial charge in [0.05, 0.1) is 6.61 Å². The van der Waals surface area contributed by atoms with Crippen LogP contribution in [-0.2, 0) is 14.4 Å². The Balaban J connectivity index is 2.13. The van der Waals surface area contributed by atoms with E-state index in [1.165, 1.54) is 0 Å². The quantitative estimate of drug-likeness (QED) is 0.562. The van der Waals surface area contributed by atoms with Crippen molar-refractivity contribution in [2.24, 2.45) is 11.8 Å². The molecule has 0 aromatic carbocycles. The molecule has 1 aliphatic rings. The van der Waals surface area contributed by atoms with Gasteiger partial charge in [0.25, 0.3) is 0 Å². The Hall–Kier alpha value is -1.43. The largest absolute Gasteiger partial charge is 0.396 e. The average molecular weight is 340 g/mol. The Labute approximate surface area is 144 Å². The van der Waals surface area contributed by atoms with Crippen molar-refractivity contribution in [2.75, 3.05) is 13.2 Å². The van der Waals surface area contributed by atoms with E-state index in [0.717, 1.165) is 25.7 Å². The minimum atomic E-state index is -0.118. The first-order valence-corrected chi connectivity index (χ1v) is 9.12. The van der Waals surface area contributed by atoms with Crippen LogP contribution in [0.25, 0.3) is 0 Å². The van der Waals surface area contributed by atoms with Gasteiger partial charge in [-0.2, -0.15) is 0 Å². The molecule has 1 fully saturated rings. The Kier molecular flexibility index (Phi) is 9.60. The summed E-state index contributed by atoms with van der Waals surface area (Å²) in [5, 5.41) is 14.6. The number of aliphatic hydroxyl groups excluding tert-OH is 1. The van der Waals surface area contributed by atoms with Crippen LogP contribution in [-0.4, -0.2) is 41.9 Å². The van der Waals surface area contributed by atoms with Gasteiger partial charge in [-0.05, 0) is 38.0 Å². The summed E-state index contributed by atoms with van der Waals surface area (Å²) in [5.74, 6) is 0.632. The second-order valence-electron chi connectivity index (χ2n) is 7.04. The molecule has 6 heteroatoms. The lowest BCUT2D eigenvalue weighted by Crippen LogP contribution is -2.39. The number of aliphatic hydroxyl groups is 1. The number of nitrogens with one attached hydrogen (secondary N) is 2. The zero-order valence-corrected chi connectivity index (χ0v) is 15.0. The van der Waals surface area contributed by atoms with Crippen LogP contribution < -0.4 is 10.6 Å². The number of hydrogen-bond acceptors (Lipinski definition) is 4. The van der Waals surface area contributed by atoms with Gasteiger partial charge < -0.3 is 15.7 Å². The molecular formula is C18H32N2O4. The Morgan fingerprint density at radius 2 is 1.67 bits per heavy atom. The molecule has 0 radical (unpaired) electrons. The van der Waals surface area contributed by atoms with Crippen molar-refractivity contribution >= 4 is 17.6 Å². The van der Waals surface area contributed by atoms with Crippen molar-refractivity contribution in [3.63, 3.8) is 0 Å². The highest BCUT2D eigenvalue weighted by Gasteiger charge is 2.22. The van der Waals surface area contributed by atoms with Crippen LogP contribution in [0.2, 0.25) is 0 Å². The highest BCUT2D eigenvalue weighted by atomic mass is 16.3. The normalized spacial score (nSPS) is 20.7. The highest BCUT2D eigenvalue weighted by Crippen LogP contribution is 2.23. The summed E-state index contributed by atoms with van der Waals surface area (Å²) in [4.78, 5) is 34.8. The lowest BCUT2D eigenvalue weighted by atomic mass is 9.86. The first kappa shape index (κ1) is 20.6. The molecule has 1 rings (SSSR count). The third kappa shape index (κ3) is 8.43. The third-order valence-electron chi connectivity index (χ3n) is 4.61. The van der Waals surface area contributed by atoms with Gasteiger partial charge in [0, 0.05) is 37.8 Å². The molecule has 1 saturated carbocycles. The second-order valence-corrected chi connectivity index (χ2v) is 7.04. The standard InChI is InChI=1S/C18H32N2O4/c1-13(2)16(22)4-3-5-18(24)20-15-8-6-14(7-9-15)12-19-17(23)10-11-21/h13-15,21H,3-12H2,1-2H3,(H,19,23)(H,20,24). The van der Waals surface area contributed by atoms with Gasteiger partial charge >= 0.3 is 0 Å². The molecule has 1 aliphatic carbocycles. The molecule has 0 spiro atoms. The fourth-order valence-electron chi connectivity index (χ4n) is 2.97. The molecule has 3 N–H and O–H groups in total. The summed E-state index contributed by atoms with van der Waals surface area (Å²) in [6.45, 7) is 4.30. The van der Waals surface area contributed by atoms with Gasteiger partial charge in [0.2, 0.25) is 11.8 Å². The van der Waals surface area contributed by atoms with Crippen molar-refractivity contribution in [3.05, 3.63) is 0 Å². The van der Waals surface area contributed by atoms with Gasteiger partial charge in [-0.3, -0.25) is 14.4 Å². The average Bonchev–Trinajstić information content (AvgIpc) is 2.54. The maximum absolute atomic E-state index is 11.9. The predicted molar refractivity (Wildman–Crippen MR) is 92.3 cm³/mol. The summed E-state index contributed by atoms with van der Waals surface area (Å²) < 4.78 is 0. The zero-order valence-electron chi connectivity index (χ0n) is 15.0. The molecule has 0 saturated heterocycles. The van der Waals surface area contributed by atoms with E-state index in [1.807, 2.05) is 13.8 Å². The number of Topliss-reactive ketones (excluding diaryl/α,β-unsaturated/α-hetero) is 1. The molecule has 2 amide bonds. The summed E-state index contributed by atoms with van der Waals surface area (Å²) in [5.41, 5.74) is 0. The number of ketones is 1. The molecule has 24 heavy (non-hydrogen) atoms. The summed E-state index contributed by atoms with van der Waals surface area (Å²) in [7, 11) is 0. The summed E-state index contributed by atoms with van der Waals surface area (Å²) >= 11 is 0. The summed E-state index contributed by atoms with van der Waals surface area (Å²) in [6.07, 6.45) is 5.49. The number of rotatable bonds is 10. The predicted octanol–water partition coefficient (Wildman–Crippen LogP) is 1.56. The summed E-state index contributed by atoms with van der Waals surface area (Å²) in [6, 6.07) is 0.211. The Bertz CT molecular complexity index is 415. The van der Waals surface area contributed by atoms with Crippen molar-refractivity contribution in [1.82, 2.24) is 10.6 Å². The molecule has 0 unspecified atom stereocenters.